The number of hydrogen-bond acceptors (Lipinski definition) is 6. The molecular formula is C28H28N4O3S. The molecule has 0 saturated carbocycles. The van der Waals surface area contributed by atoms with Crippen molar-refractivity contribution in [2.45, 2.75) is 33.2 Å². The van der Waals surface area contributed by atoms with Gasteiger partial charge in [0.05, 0.1) is 23.6 Å². The molecule has 7 nitrogen and oxygen atoms in total. The Morgan fingerprint density at radius 2 is 1.83 bits per heavy atom. The molecule has 0 aliphatic carbocycles. The highest BCUT2D eigenvalue weighted by molar-refractivity contribution is 8.13. The quantitative estimate of drug-likeness (QED) is 0.455. The van der Waals surface area contributed by atoms with Gasteiger partial charge in [-0.2, -0.15) is 0 Å². The van der Waals surface area contributed by atoms with E-state index in [2.05, 4.69) is 21.6 Å². The maximum Gasteiger partial charge on any atom is 0.291 e. The summed E-state index contributed by atoms with van der Waals surface area (Å²) in [5.74, 6) is 0.799. The van der Waals surface area contributed by atoms with Gasteiger partial charge in [-0.05, 0) is 68.7 Å². The van der Waals surface area contributed by atoms with Gasteiger partial charge in [0.1, 0.15) is 0 Å². The number of carbonyl (C=O) groups is 2. The van der Waals surface area contributed by atoms with E-state index >= 15 is 0 Å². The van der Waals surface area contributed by atoms with E-state index in [0.29, 0.717) is 11.3 Å². The first-order chi connectivity index (χ1) is 17.4. The van der Waals surface area contributed by atoms with Crippen molar-refractivity contribution < 1.29 is 14.0 Å². The molecule has 1 unspecified atom stereocenters. The number of thioether (sulfide) groups is 1. The summed E-state index contributed by atoms with van der Waals surface area (Å²) in [7, 11) is 0. The predicted molar refractivity (Wildman–Crippen MR) is 144 cm³/mol. The minimum Gasteiger partial charge on any atom is -0.459 e. The van der Waals surface area contributed by atoms with E-state index in [1.807, 2.05) is 57.2 Å². The van der Waals surface area contributed by atoms with E-state index in [1.54, 1.807) is 23.9 Å². The van der Waals surface area contributed by atoms with Crippen molar-refractivity contribution in [3.8, 4) is 0 Å². The number of carbonyl (C=O) groups excluding carboxylic acids is 2. The minimum absolute atomic E-state index is 0.155. The van der Waals surface area contributed by atoms with E-state index in [-0.39, 0.29) is 23.6 Å². The third-order valence-corrected chi connectivity index (χ3v) is 7.44. The van der Waals surface area contributed by atoms with Gasteiger partial charge in [-0.3, -0.25) is 9.59 Å². The van der Waals surface area contributed by atoms with E-state index in [1.165, 1.54) is 6.26 Å². The largest absolute Gasteiger partial charge is 0.459 e. The Balaban J connectivity index is 1.45. The number of amides is 2. The molecule has 1 aromatic heterocycles. The van der Waals surface area contributed by atoms with Gasteiger partial charge in [-0.15, -0.1) is 0 Å². The van der Waals surface area contributed by atoms with E-state index < -0.39 is 0 Å². The summed E-state index contributed by atoms with van der Waals surface area (Å²) in [6.45, 7) is 6.76. The summed E-state index contributed by atoms with van der Waals surface area (Å²) in [5.41, 5.74) is 5.93. The third-order valence-electron chi connectivity index (χ3n) is 6.36. The molecule has 1 atom stereocenters. The number of fused-ring (bicyclic) bond motifs is 1. The fourth-order valence-corrected chi connectivity index (χ4v) is 5.62. The van der Waals surface area contributed by atoms with Crippen molar-refractivity contribution in [2.24, 2.45) is 4.99 Å². The van der Waals surface area contributed by atoms with Gasteiger partial charge in [-0.25, -0.2) is 4.99 Å². The lowest BCUT2D eigenvalue weighted by Crippen LogP contribution is -2.43. The topological polar surface area (TPSA) is 86.9 Å². The Morgan fingerprint density at radius 3 is 2.56 bits per heavy atom. The van der Waals surface area contributed by atoms with Crippen molar-refractivity contribution in [1.82, 2.24) is 4.90 Å². The fraction of sp³-hybridized carbons (Fsp3) is 0.250. The number of amidine groups is 1. The minimum atomic E-state index is -0.309. The summed E-state index contributed by atoms with van der Waals surface area (Å²) < 4.78 is 5.18. The zero-order valence-electron chi connectivity index (χ0n) is 20.5. The number of rotatable bonds is 5. The van der Waals surface area contributed by atoms with Crippen LogP contribution in [-0.2, 0) is 4.79 Å². The molecule has 3 heterocycles. The van der Waals surface area contributed by atoms with Crippen molar-refractivity contribution in [1.29, 1.82) is 0 Å². The Kier molecular flexibility index (Phi) is 6.69. The molecule has 0 spiro atoms. The molecule has 0 radical (unpaired) electrons. The van der Waals surface area contributed by atoms with Crippen LogP contribution in [0, 0.1) is 13.8 Å². The first-order valence-corrected chi connectivity index (χ1v) is 12.9. The molecular weight excluding hydrogens is 472 g/mol. The molecule has 1 saturated heterocycles. The van der Waals surface area contributed by atoms with Gasteiger partial charge in [0, 0.05) is 23.7 Å². The maximum absolute atomic E-state index is 13.7. The normalized spacial score (nSPS) is 17.4. The standard InChI is InChI=1S/C28H28N4O3S/c1-17-7-12-22(18(2)16-17)31-27(34)24-19(3)29-28-32(13-5-15-36-28)25(24)20-8-10-21(11-9-20)30-26(33)23-6-4-14-35-23/h4,6-12,14,16,25H,5,13,15H2,1-3H3,(H,30,33)(H,31,34). The molecule has 5 rings (SSSR count). The lowest BCUT2D eigenvalue weighted by atomic mass is 9.93. The van der Waals surface area contributed by atoms with Crippen LogP contribution in [0.3, 0.4) is 0 Å². The van der Waals surface area contributed by atoms with E-state index in [9.17, 15) is 9.59 Å². The zero-order chi connectivity index (χ0) is 25.2. The van der Waals surface area contributed by atoms with Crippen molar-refractivity contribution in [3.05, 3.63) is 94.6 Å². The first kappa shape index (κ1) is 23.9. The Hall–Kier alpha value is -3.78. The number of anilines is 2. The lowest BCUT2D eigenvalue weighted by molar-refractivity contribution is -0.113. The molecule has 2 aliphatic rings. The van der Waals surface area contributed by atoms with Crippen LogP contribution in [0.25, 0.3) is 0 Å². The van der Waals surface area contributed by atoms with E-state index in [0.717, 1.165) is 52.0 Å². The van der Waals surface area contributed by atoms with Gasteiger partial charge in [0.25, 0.3) is 11.8 Å². The van der Waals surface area contributed by atoms with Crippen LogP contribution >= 0.6 is 11.8 Å². The number of benzene rings is 2. The monoisotopic (exact) mass is 500 g/mol. The average Bonchev–Trinajstić information content (AvgIpc) is 3.41. The molecule has 0 bridgehead atoms. The predicted octanol–water partition coefficient (Wildman–Crippen LogP) is 5.91. The van der Waals surface area contributed by atoms with Gasteiger partial charge >= 0.3 is 0 Å². The average molecular weight is 501 g/mol. The van der Waals surface area contributed by atoms with Crippen LogP contribution in [0.2, 0.25) is 0 Å². The fourth-order valence-electron chi connectivity index (χ4n) is 4.60. The number of allylic oxidation sites excluding steroid dienone is 1. The molecule has 2 amide bonds. The molecule has 8 heteroatoms. The van der Waals surface area contributed by atoms with Crippen molar-refractivity contribution in [2.75, 3.05) is 22.9 Å². The van der Waals surface area contributed by atoms with Crippen molar-refractivity contribution >= 4 is 40.1 Å². The second-order valence-corrected chi connectivity index (χ2v) is 10.1. The zero-order valence-corrected chi connectivity index (χ0v) is 21.3. The van der Waals surface area contributed by atoms with Crippen LogP contribution in [0.4, 0.5) is 11.4 Å². The first-order valence-electron chi connectivity index (χ1n) is 11.9. The van der Waals surface area contributed by atoms with Crippen LogP contribution in [-0.4, -0.2) is 34.2 Å². The second kappa shape index (κ2) is 10.1. The highest BCUT2D eigenvalue weighted by Gasteiger charge is 2.37. The highest BCUT2D eigenvalue weighted by Crippen LogP contribution is 2.40. The highest BCUT2D eigenvalue weighted by atomic mass is 32.2. The molecule has 2 N–H and O–H groups in total. The van der Waals surface area contributed by atoms with Gasteiger partial charge in [0.2, 0.25) is 0 Å². The molecule has 184 valence electrons. The summed E-state index contributed by atoms with van der Waals surface area (Å²) in [4.78, 5) is 33.1. The Morgan fingerprint density at radius 1 is 1.03 bits per heavy atom. The summed E-state index contributed by atoms with van der Waals surface area (Å²) in [6.07, 6.45) is 2.48. The van der Waals surface area contributed by atoms with Gasteiger partial charge in [-0.1, -0.05) is 41.6 Å². The maximum atomic E-state index is 13.7. The van der Waals surface area contributed by atoms with Gasteiger partial charge < -0.3 is 20.0 Å². The number of nitrogens with zero attached hydrogens (tertiary/aromatic N) is 2. The summed E-state index contributed by atoms with van der Waals surface area (Å²) in [6, 6.07) is 16.7. The second-order valence-electron chi connectivity index (χ2n) is 9.02. The molecule has 36 heavy (non-hydrogen) atoms. The third kappa shape index (κ3) is 4.81. The summed E-state index contributed by atoms with van der Waals surface area (Å²) >= 11 is 1.72. The number of aliphatic imine (C=N–C) groups is 1. The number of hydrogen-bond donors (Lipinski definition) is 2. The Bertz CT molecular complexity index is 1360. The van der Waals surface area contributed by atoms with Crippen LogP contribution in [0.15, 0.2) is 81.5 Å². The smallest absolute Gasteiger partial charge is 0.291 e. The Labute approximate surface area is 214 Å². The lowest BCUT2D eigenvalue weighted by Gasteiger charge is -2.41. The summed E-state index contributed by atoms with van der Waals surface area (Å²) in [5, 5.41) is 6.92. The SMILES string of the molecule is CC1=C(C(=O)Nc2ccc(C)cc2C)C(c2ccc(NC(=O)c3ccco3)cc2)N2CCCSC2=N1. The number of nitrogens with one attached hydrogen (secondary N) is 2. The molecule has 2 aromatic carbocycles. The number of aryl methyl sites for hydroxylation is 2. The van der Waals surface area contributed by atoms with Gasteiger partial charge in [0.15, 0.2) is 10.9 Å². The number of furan rings is 1. The van der Waals surface area contributed by atoms with Crippen LogP contribution < -0.4 is 10.6 Å². The van der Waals surface area contributed by atoms with Crippen molar-refractivity contribution in [3.63, 3.8) is 0 Å². The van der Waals surface area contributed by atoms with Crippen LogP contribution in [0.1, 0.15) is 46.6 Å². The molecule has 1 fully saturated rings. The van der Waals surface area contributed by atoms with E-state index in [4.69, 9.17) is 9.41 Å². The van der Waals surface area contributed by atoms with Crippen LogP contribution in [0.5, 0.6) is 0 Å². The molecule has 3 aromatic rings. The molecule has 2 aliphatic heterocycles.